The number of benzene rings is 1. The second-order valence-electron chi connectivity index (χ2n) is 5.79. The fourth-order valence-electron chi connectivity index (χ4n) is 2.53. The molecule has 1 N–H and O–H groups in total. The number of hydrogen-bond acceptors (Lipinski definition) is 4. The van der Waals surface area contributed by atoms with Gasteiger partial charge < -0.3 is 10.1 Å². The summed E-state index contributed by atoms with van der Waals surface area (Å²) in [5, 5.41) is 9.02. The first-order valence-electron chi connectivity index (χ1n) is 8.32. The average Bonchev–Trinajstić information content (AvgIpc) is 3.26. The topological polar surface area (TPSA) is 56.2 Å². The SMILES string of the molecule is CCn1ncc(CNC(=O)c2cc(COc3ccccc3F)cs2)c1C. The summed E-state index contributed by atoms with van der Waals surface area (Å²) < 4.78 is 20.9. The van der Waals surface area contributed by atoms with Crippen LogP contribution in [0.5, 0.6) is 5.75 Å². The minimum Gasteiger partial charge on any atom is -0.486 e. The molecule has 136 valence electrons. The van der Waals surface area contributed by atoms with E-state index in [4.69, 9.17) is 4.74 Å². The lowest BCUT2D eigenvalue weighted by Gasteiger charge is -2.05. The molecule has 0 radical (unpaired) electrons. The molecule has 2 aromatic heterocycles. The fourth-order valence-corrected chi connectivity index (χ4v) is 3.35. The number of ether oxygens (including phenoxy) is 1. The molecule has 2 heterocycles. The zero-order chi connectivity index (χ0) is 18.5. The summed E-state index contributed by atoms with van der Waals surface area (Å²) in [4.78, 5) is 12.9. The maximum absolute atomic E-state index is 13.6. The molecule has 0 unspecified atom stereocenters. The molecule has 0 saturated carbocycles. The number of nitrogens with zero attached hydrogens (tertiary/aromatic N) is 2. The molecule has 26 heavy (non-hydrogen) atoms. The van der Waals surface area contributed by atoms with Gasteiger partial charge in [-0.1, -0.05) is 12.1 Å². The number of halogens is 1. The highest BCUT2D eigenvalue weighted by Crippen LogP contribution is 2.20. The number of rotatable bonds is 7. The van der Waals surface area contributed by atoms with Gasteiger partial charge in [-0.3, -0.25) is 9.48 Å². The number of aromatic nitrogens is 2. The van der Waals surface area contributed by atoms with E-state index in [1.54, 1.807) is 30.5 Å². The van der Waals surface area contributed by atoms with Gasteiger partial charge in [0, 0.05) is 29.9 Å². The molecule has 0 atom stereocenters. The van der Waals surface area contributed by atoms with Crippen molar-refractivity contribution in [1.29, 1.82) is 0 Å². The van der Waals surface area contributed by atoms with Crippen LogP contribution in [0.4, 0.5) is 4.39 Å². The lowest BCUT2D eigenvalue weighted by Crippen LogP contribution is -2.22. The van der Waals surface area contributed by atoms with Gasteiger partial charge in [-0.15, -0.1) is 11.3 Å². The molecule has 0 fully saturated rings. The zero-order valence-corrected chi connectivity index (χ0v) is 15.5. The van der Waals surface area contributed by atoms with Crippen LogP contribution in [-0.4, -0.2) is 15.7 Å². The normalized spacial score (nSPS) is 10.7. The largest absolute Gasteiger partial charge is 0.486 e. The van der Waals surface area contributed by atoms with Crippen LogP contribution in [-0.2, 0) is 19.7 Å². The summed E-state index contributed by atoms with van der Waals surface area (Å²) in [6.45, 7) is 5.47. The number of thiophene rings is 1. The first-order valence-corrected chi connectivity index (χ1v) is 9.20. The van der Waals surface area contributed by atoms with Gasteiger partial charge in [0.15, 0.2) is 11.6 Å². The molecule has 0 saturated heterocycles. The maximum atomic E-state index is 13.6. The van der Waals surface area contributed by atoms with E-state index in [2.05, 4.69) is 10.4 Å². The molecular formula is C19H20FN3O2S. The summed E-state index contributed by atoms with van der Waals surface area (Å²) in [7, 11) is 0. The van der Waals surface area contributed by atoms with E-state index in [9.17, 15) is 9.18 Å². The third kappa shape index (κ3) is 4.11. The van der Waals surface area contributed by atoms with Crippen molar-refractivity contribution in [3.63, 3.8) is 0 Å². The second kappa shape index (κ2) is 8.14. The minimum absolute atomic E-state index is 0.143. The van der Waals surface area contributed by atoms with Crippen LogP contribution in [0.15, 0.2) is 41.9 Å². The number of amides is 1. The summed E-state index contributed by atoms with van der Waals surface area (Å²) in [5.74, 6) is -0.340. The molecule has 0 bridgehead atoms. The Bertz CT molecular complexity index is 904. The van der Waals surface area contributed by atoms with Crippen LogP contribution in [0.3, 0.4) is 0 Å². The van der Waals surface area contributed by atoms with Crippen LogP contribution in [0.25, 0.3) is 0 Å². The van der Waals surface area contributed by atoms with Crippen molar-refractivity contribution in [2.24, 2.45) is 0 Å². The van der Waals surface area contributed by atoms with Crippen LogP contribution in [0.2, 0.25) is 0 Å². The number of para-hydroxylation sites is 1. The van der Waals surface area contributed by atoms with Crippen molar-refractivity contribution < 1.29 is 13.9 Å². The van der Waals surface area contributed by atoms with Crippen LogP contribution in [0.1, 0.15) is 33.4 Å². The van der Waals surface area contributed by atoms with Crippen LogP contribution < -0.4 is 10.1 Å². The smallest absolute Gasteiger partial charge is 0.261 e. The second-order valence-corrected chi connectivity index (χ2v) is 6.70. The van der Waals surface area contributed by atoms with E-state index in [1.165, 1.54) is 17.4 Å². The highest BCUT2D eigenvalue weighted by atomic mass is 32.1. The van der Waals surface area contributed by atoms with Crippen LogP contribution in [0, 0.1) is 12.7 Å². The van der Waals surface area contributed by atoms with E-state index < -0.39 is 5.82 Å². The Morgan fingerprint density at radius 2 is 2.19 bits per heavy atom. The molecule has 1 amide bonds. The lowest BCUT2D eigenvalue weighted by atomic mass is 10.2. The van der Waals surface area contributed by atoms with Gasteiger partial charge >= 0.3 is 0 Å². The Hall–Kier alpha value is -2.67. The van der Waals surface area contributed by atoms with Gasteiger partial charge in [-0.25, -0.2) is 4.39 Å². The van der Waals surface area contributed by atoms with Crippen molar-refractivity contribution in [3.8, 4) is 5.75 Å². The molecule has 0 spiro atoms. The third-order valence-electron chi connectivity index (χ3n) is 4.05. The van der Waals surface area contributed by atoms with E-state index in [0.29, 0.717) is 11.4 Å². The highest BCUT2D eigenvalue weighted by molar-refractivity contribution is 7.12. The molecule has 5 nitrogen and oxygen atoms in total. The number of hydrogen-bond donors (Lipinski definition) is 1. The van der Waals surface area contributed by atoms with Gasteiger partial charge in [0.05, 0.1) is 11.1 Å². The van der Waals surface area contributed by atoms with Gasteiger partial charge in [-0.05, 0) is 37.4 Å². The first kappa shape index (κ1) is 18.1. The number of carbonyl (C=O) groups is 1. The first-order chi connectivity index (χ1) is 12.6. The van der Waals surface area contributed by atoms with Gasteiger partial charge in [0.25, 0.3) is 5.91 Å². The summed E-state index contributed by atoms with van der Waals surface area (Å²) in [5.41, 5.74) is 2.89. The van der Waals surface area contributed by atoms with E-state index >= 15 is 0 Å². The van der Waals surface area contributed by atoms with Crippen molar-refractivity contribution >= 4 is 17.2 Å². The van der Waals surface area contributed by atoms with Crippen molar-refractivity contribution in [2.75, 3.05) is 0 Å². The van der Waals surface area contributed by atoms with Gasteiger partial charge in [0.1, 0.15) is 6.61 Å². The molecule has 3 aromatic rings. The Labute approximate surface area is 155 Å². The maximum Gasteiger partial charge on any atom is 0.261 e. The summed E-state index contributed by atoms with van der Waals surface area (Å²) >= 11 is 1.34. The van der Waals surface area contributed by atoms with E-state index in [-0.39, 0.29) is 18.3 Å². The summed E-state index contributed by atoms with van der Waals surface area (Å²) in [6.07, 6.45) is 1.78. The Kier molecular flexibility index (Phi) is 5.68. The fraction of sp³-hybridized carbons (Fsp3) is 0.263. The Balaban J connectivity index is 1.56. The van der Waals surface area contributed by atoms with Crippen molar-refractivity contribution in [3.05, 3.63) is 69.4 Å². The molecular weight excluding hydrogens is 353 g/mol. The summed E-state index contributed by atoms with van der Waals surface area (Å²) in [6, 6.07) is 8.02. The quantitative estimate of drug-likeness (QED) is 0.683. The minimum atomic E-state index is -0.399. The molecule has 1 aromatic carbocycles. The average molecular weight is 373 g/mol. The Morgan fingerprint density at radius 3 is 2.92 bits per heavy atom. The monoisotopic (exact) mass is 373 g/mol. The third-order valence-corrected chi connectivity index (χ3v) is 5.03. The zero-order valence-electron chi connectivity index (χ0n) is 14.7. The number of aryl methyl sites for hydroxylation is 1. The molecule has 0 aliphatic carbocycles. The molecule has 3 rings (SSSR count). The Morgan fingerprint density at radius 1 is 1.38 bits per heavy atom. The van der Waals surface area contributed by atoms with Gasteiger partial charge in [-0.2, -0.15) is 5.10 Å². The van der Waals surface area contributed by atoms with E-state index in [0.717, 1.165) is 23.4 Å². The van der Waals surface area contributed by atoms with Crippen molar-refractivity contribution in [2.45, 2.75) is 33.5 Å². The van der Waals surface area contributed by atoms with E-state index in [1.807, 2.05) is 23.9 Å². The molecule has 7 heteroatoms. The number of carbonyl (C=O) groups excluding carboxylic acids is 1. The molecule has 0 aliphatic heterocycles. The molecule has 0 aliphatic rings. The highest BCUT2D eigenvalue weighted by Gasteiger charge is 2.12. The van der Waals surface area contributed by atoms with Crippen LogP contribution >= 0.6 is 11.3 Å². The van der Waals surface area contributed by atoms with Crippen molar-refractivity contribution in [1.82, 2.24) is 15.1 Å². The predicted octanol–water partition coefficient (Wildman–Crippen LogP) is 3.92. The standard InChI is InChI=1S/C19H20FN3O2S/c1-3-23-13(2)15(10-22-23)9-21-19(24)18-8-14(12-26-18)11-25-17-7-5-4-6-16(17)20/h4-8,10,12H,3,9,11H2,1-2H3,(H,21,24). The lowest BCUT2D eigenvalue weighted by molar-refractivity contribution is 0.0955. The predicted molar refractivity (Wildman–Crippen MR) is 98.9 cm³/mol. The van der Waals surface area contributed by atoms with Gasteiger partial charge in [0.2, 0.25) is 0 Å². The number of nitrogens with one attached hydrogen (secondary N) is 1.